The van der Waals surface area contributed by atoms with Crippen LogP contribution in [0.4, 0.5) is 0 Å². The zero-order chi connectivity index (χ0) is 11.5. The number of ether oxygens (including phenoxy) is 2. The van der Waals surface area contributed by atoms with Crippen molar-refractivity contribution in [1.29, 1.82) is 0 Å². The summed E-state index contributed by atoms with van der Waals surface area (Å²) in [6, 6.07) is 4.13. The molecule has 1 aliphatic heterocycles. The second kappa shape index (κ2) is 6.12. The number of fused-ring (bicyclic) bond motifs is 1. The van der Waals surface area contributed by atoms with Crippen molar-refractivity contribution in [3.8, 4) is 11.5 Å². The molecule has 4 heteroatoms. The number of benzene rings is 1. The molecule has 3 nitrogen and oxygen atoms in total. The van der Waals surface area contributed by atoms with Crippen molar-refractivity contribution in [3.05, 3.63) is 23.3 Å². The van der Waals surface area contributed by atoms with Gasteiger partial charge in [-0.3, -0.25) is 0 Å². The number of methoxy groups -OCH3 is 1. The lowest BCUT2D eigenvalue weighted by Gasteiger charge is -2.22. The lowest BCUT2D eigenvalue weighted by molar-refractivity contribution is 0.229. The van der Waals surface area contributed by atoms with Gasteiger partial charge in [0, 0.05) is 12.1 Å². The third kappa shape index (κ3) is 3.05. The number of rotatable bonds is 3. The van der Waals surface area contributed by atoms with Crippen LogP contribution in [0.15, 0.2) is 12.1 Å². The van der Waals surface area contributed by atoms with E-state index in [4.69, 9.17) is 9.47 Å². The third-order valence-corrected chi connectivity index (χ3v) is 2.76. The summed E-state index contributed by atoms with van der Waals surface area (Å²) >= 11 is 0. The van der Waals surface area contributed by atoms with Crippen LogP contribution < -0.4 is 14.8 Å². The van der Waals surface area contributed by atoms with E-state index < -0.39 is 0 Å². The van der Waals surface area contributed by atoms with Gasteiger partial charge in [0.15, 0.2) is 11.5 Å². The molecular formula is C13H20ClNO2. The lowest BCUT2D eigenvalue weighted by Crippen LogP contribution is -2.24. The molecule has 1 heterocycles. The van der Waals surface area contributed by atoms with E-state index in [1.165, 1.54) is 11.1 Å². The predicted octanol–water partition coefficient (Wildman–Crippen LogP) is 2.55. The van der Waals surface area contributed by atoms with Crippen LogP contribution in [0.1, 0.15) is 25.0 Å². The highest BCUT2D eigenvalue weighted by Crippen LogP contribution is 2.35. The van der Waals surface area contributed by atoms with Crippen molar-refractivity contribution in [2.24, 2.45) is 0 Å². The van der Waals surface area contributed by atoms with Gasteiger partial charge in [0.1, 0.15) is 0 Å². The van der Waals surface area contributed by atoms with Crippen LogP contribution in [0.3, 0.4) is 0 Å². The van der Waals surface area contributed by atoms with Crippen LogP contribution in [0, 0.1) is 0 Å². The van der Waals surface area contributed by atoms with E-state index in [2.05, 4.69) is 11.4 Å². The summed E-state index contributed by atoms with van der Waals surface area (Å²) in [5.41, 5.74) is 2.61. The average Bonchev–Trinajstić information content (AvgIpc) is 2.28. The van der Waals surface area contributed by atoms with Crippen molar-refractivity contribution >= 4 is 12.4 Å². The van der Waals surface area contributed by atoms with Crippen LogP contribution in [0.25, 0.3) is 0 Å². The average molecular weight is 258 g/mol. The van der Waals surface area contributed by atoms with Gasteiger partial charge in [0.2, 0.25) is 0 Å². The fourth-order valence-electron chi connectivity index (χ4n) is 2.09. The first-order chi connectivity index (χ1) is 7.72. The first kappa shape index (κ1) is 14.1. The van der Waals surface area contributed by atoms with E-state index in [1.54, 1.807) is 7.11 Å². The van der Waals surface area contributed by atoms with Crippen molar-refractivity contribution < 1.29 is 9.47 Å². The van der Waals surface area contributed by atoms with Gasteiger partial charge in [-0.05, 0) is 38.4 Å². The highest BCUT2D eigenvalue weighted by molar-refractivity contribution is 5.85. The molecule has 96 valence electrons. The Bertz CT molecular complexity index is 380. The monoisotopic (exact) mass is 257 g/mol. The van der Waals surface area contributed by atoms with Gasteiger partial charge in [0.25, 0.3) is 0 Å². The maximum absolute atomic E-state index is 5.76. The summed E-state index contributed by atoms with van der Waals surface area (Å²) in [4.78, 5) is 0. The minimum absolute atomic E-state index is 0. The molecule has 0 aromatic heterocycles. The van der Waals surface area contributed by atoms with E-state index in [9.17, 15) is 0 Å². The standard InChI is InChI=1S/C13H19NO2.ClH/c1-9(2)16-12-5-4-10-8-14-7-6-11(10)13(12)15-3;/h4-5,9,14H,6-8H2,1-3H3;1H. The molecule has 0 unspecified atom stereocenters. The Balaban J connectivity index is 0.00000144. The molecule has 1 N–H and O–H groups in total. The largest absolute Gasteiger partial charge is 0.493 e. The highest BCUT2D eigenvalue weighted by atomic mass is 35.5. The summed E-state index contributed by atoms with van der Waals surface area (Å²) in [5, 5.41) is 3.36. The zero-order valence-electron chi connectivity index (χ0n) is 10.6. The zero-order valence-corrected chi connectivity index (χ0v) is 11.4. The van der Waals surface area contributed by atoms with Crippen molar-refractivity contribution in [1.82, 2.24) is 5.32 Å². The molecule has 1 aliphatic rings. The number of hydrogen-bond donors (Lipinski definition) is 1. The van der Waals surface area contributed by atoms with Crippen molar-refractivity contribution in [2.45, 2.75) is 32.9 Å². The normalized spacial score (nSPS) is 13.9. The topological polar surface area (TPSA) is 30.5 Å². The second-order valence-electron chi connectivity index (χ2n) is 4.33. The second-order valence-corrected chi connectivity index (χ2v) is 4.33. The number of nitrogens with one attached hydrogen (secondary N) is 1. The summed E-state index contributed by atoms with van der Waals surface area (Å²) < 4.78 is 11.2. The van der Waals surface area contributed by atoms with E-state index in [1.807, 2.05) is 19.9 Å². The molecule has 0 radical (unpaired) electrons. The summed E-state index contributed by atoms with van der Waals surface area (Å²) in [6.45, 7) is 5.99. The maximum atomic E-state index is 5.76. The molecule has 0 bridgehead atoms. The number of hydrogen-bond acceptors (Lipinski definition) is 3. The van der Waals surface area contributed by atoms with Gasteiger partial charge in [-0.15, -0.1) is 12.4 Å². The molecule has 17 heavy (non-hydrogen) atoms. The molecule has 0 fully saturated rings. The van der Waals surface area contributed by atoms with E-state index in [0.717, 1.165) is 31.0 Å². The van der Waals surface area contributed by atoms with Crippen LogP contribution in [0.2, 0.25) is 0 Å². The molecular weight excluding hydrogens is 238 g/mol. The smallest absolute Gasteiger partial charge is 0.164 e. The van der Waals surface area contributed by atoms with Gasteiger partial charge in [-0.25, -0.2) is 0 Å². The minimum atomic E-state index is 0. The van der Waals surface area contributed by atoms with Crippen LogP contribution in [-0.4, -0.2) is 19.8 Å². The van der Waals surface area contributed by atoms with Crippen LogP contribution >= 0.6 is 12.4 Å². The Morgan fingerprint density at radius 2 is 2.06 bits per heavy atom. The summed E-state index contributed by atoms with van der Waals surface area (Å²) in [6.07, 6.45) is 1.18. The molecule has 0 atom stereocenters. The SMILES string of the molecule is COc1c(OC(C)C)ccc2c1CCNC2.Cl. The van der Waals surface area contributed by atoms with Gasteiger partial charge < -0.3 is 14.8 Å². The quantitative estimate of drug-likeness (QED) is 0.903. The van der Waals surface area contributed by atoms with Gasteiger partial charge in [-0.1, -0.05) is 6.07 Å². The minimum Gasteiger partial charge on any atom is -0.493 e. The van der Waals surface area contributed by atoms with Gasteiger partial charge >= 0.3 is 0 Å². The fraction of sp³-hybridized carbons (Fsp3) is 0.538. The molecule has 0 amide bonds. The van der Waals surface area contributed by atoms with Crippen LogP contribution in [0.5, 0.6) is 11.5 Å². The first-order valence-corrected chi connectivity index (χ1v) is 5.78. The van der Waals surface area contributed by atoms with Crippen molar-refractivity contribution in [2.75, 3.05) is 13.7 Å². The molecule has 2 rings (SSSR count). The molecule has 0 saturated carbocycles. The maximum Gasteiger partial charge on any atom is 0.164 e. The van der Waals surface area contributed by atoms with E-state index in [-0.39, 0.29) is 18.5 Å². The van der Waals surface area contributed by atoms with E-state index >= 15 is 0 Å². The Labute approximate surface area is 109 Å². The van der Waals surface area contributed by atoms with Gasteiger partial charge in [0.05, 0.1) is 13.2 Å². The summed E-state index contributed by atoms with van der Waals surface area (Å²) in [7, 11) is 1.71. The fourth-order valence-corrected chi connectivity index (χ4v) is 2.09. The number of halogens is 1. The van der Waals surface area contributed by atoms with E-state index in [0.29, 0.717) is 0 Å². The predicted molar refractivity (Wildman–Crippen MR) is 71.4 cm³/mol. The Morgan fingerprint density at radius 1 is 1.29 bits per heavy atom. The first-order valence-electron chi connectivity index (χ1n) is 5.78. The van der Waals surface area contributed by atoms with Gasteiger partial charge in [-0.2, -0.15) is 0 Å². The Morgan fingerprint density at radius 3 is 2.71 bits per heavy atom. The molecule has 1 aromatic carbocycles. The lowest BCUT2D eigenvalue weighted by atomic mass is 9.99. The molecule has 0 aliphatic carbocycles. The molecule has 0 saturated heterocycles. The Hall–Kier alpha value is -0.930. The highest BCUT2D eigenvalue weighted by Gasteiger charge is 2.18. The summed E-state index contributed by atoms with van der Waals surface area (Å²) in [5.74, 6) is 1.77. The third-order valence-electron chi connectivity index (χ3n) is 2.76. The van der Waals surface area contributed by atoms with Crippen LogP contribution in [-0.2, 0) is 13.0 Å². The Kier molecular flexibility index (Phi) is 5.09. The molecule has 0 spiro atoms. The van der Waals surface area contributed by atoms with Crippen molar-refractivity contribution in [3.63, 3.8) is 0 Å². The molecule has 1 aromatic rings.